The molecule has 0 aliphatic carbocycles. The largest absolute Gasteiger partial charge is 0.451 e. The first-order valence-corrected chi connectivity index (χ1v) is 10.3. The van der Waals surface area contributed by atoms with Crippen LogP contribution in [-0.4, -0.2) is 30.1 Å². The number of amides is 1. The predicted molar refractivity (Wildman–Crippen MR) is 125 cm³/mol. The van der Waals surface area contributed by atoms with Gasteiger partial charge in [0, 0.05) is 41.9 Å². The second-order valence-electron chi connectivity index (χ2n) is 7.18. The third-order valence-electron chi connectivity index (χ3n) is 5.35. The molecule has 1 amide bonds. The molecule has 32 heavy (non-hydrogen) atoms. The smallest absolute Gasteiger partial charge is 0.307 e. The van der Waals surface area contributed by atoms with E-state index in [1.54, 1.807) is 12.1 Å². The number of nitro benzene ring substituents is 1. The molecule has 1 heterocycles. The fourth-order valence-electron chi connectivity index (χ4n) is 3.73. The highest BCUT2D eigenvalue weighted by Gasteiger charge is 2.15. The summed E-state index contributed by atoms with van der Waals surface area (Å²) in [6.45, 7) is 5.46. The monoisotopic (exact) mass is 430 g/mol. The molecule has 0 saturated heterocycles. The van der Waals surface area contributed by atoms with Crippen LogP contribution in [0.25, 0.3) is 21.7 Å². The molecule has 1 N–H and O–H groups in total. The highest BCUT2D eigenvalue weighted by atomic mass is 16.6. The third-order valence-corrected chi connectivity index (χ3v) is 5.35. The Kier molecular flexibility index (Phi) is 5.85. The minimum absolute atomic E-state index is 0.0437. The Morgan fingerprint density at radius 1 is 1.09 bits per heavy atom. The highest BCUT2D eigenvalue weighted by Crippen LogP contribution is 2.28. The fourth-order valence-corrected chi connectivity index (χ4v) is 3.73. The second-order valence-corrected chi connectivity index (χ2v) is 7.18. The van der Waals surface area contributed by atoms with Crippen molar-refractivity contribution in [2.75, 3.05) is 18.0 Å². The summed E-state index contributed by atoms with van der Waals surface area (Å²) in [6, 6.07) is 17.9. The molecule has 8 heteroatoms. The van der Waals surface area contributed by atoms with Crippen LogP contribution in [0.2, 0.25) is 0 Å². The van der Waals surface area contributed by atoms with Crippen molar-refractivity contribution < 1.29 is 14.1 Å². The highest BCUT2D eigenvalue weighted by molar-refractivity contribution is 6.08. The topological polar surface area (TPSA) is 101 Å². The zero-order valence-corrected chi connectivity index (χ0v) is 17.7. The van der Waals surface area contributed by atoms with Gasteiger partial charge in [-0.2, -0.15) is 5.10 Å². The zero-order chi connectivity index (χ0) is 22.7. The van der Waals surface area contributed by atoms with Crippen molar-refractivity contribution in [3.05, 3.63) is 82.1 Å². The minimum Gasteiger partial charge on any atom is -0.451 e. The van der Waals surface area contributed by atoms with E-state index >= 15 is 0 Å². The van der Waals surface area contributed by atoms with Gasteiger partial charge in [-0.15, -0.1) is 0 Å². The number of rotatable bonds is 7. The molecule has 0 aliphatic rings. The van der Waals surface area contributed by atoms with Gasteiger partial charge < -0.3 is 9.32 Å². The molecule has 162 valence electrons. The van der Waals surface area contributed by atoms with Gasteiger partial charge >= 0.3 is 5.91 Å². The summed E-state index contributed by atoms with van der Waals surface area (Å²) in [7, 11) is 0. The Morgan fingerprint density at radius 3 is 2.62 bits per heavy atom. The number of carbonyl (C=O) groups is 1. The number of fused-ring (bicyclic) bond motifs is 3. The van der Waals surface area contributed by atoms with Crippen LogP contribution in [0.5, 0.6) is 0 Å². The summed E-state index contributed by atoms with van der Waals surface area (Å²) >= 11 is 0. The van der Waals surface area contributed by atoms with Gasteiger partial charge in [0.05, 0.1) is 11.1 Å². The Labute approximate surface area is 184 Å². The quantitative estimate of drug-likeness (QED) is 0.250. The summed E-state index contributed by atoms with van der Waals surface area (Å²) in [5.74, 6) is -0.368. The SMILES string of the molecule is CCN(CC)c1ccc([N+](=O)[O-])cc1/C=N\NC(=O)c1cc2c(ccc3ccccc32)o1. The van der Waals surface area contributed by atoms with Gasteiger partial charge in [0.1, 0.15) is 5.58 Å². The first kappa shape index (κ1) is 21.0. The van der Waals surface area contributed by atoms with Gasteiger partial charge in [-0.25, -0.2) is 5.43 Å². The maximum absolute atomic E-state index is 12.6. The van der Waals surface area contributed by atoms with Crippen molar-refractivity contribution in [3.63, 3.8) is 0 Å². The summed E-state index contributed by atoms with van der Waals surface area (Å²) in [5.41, 5.74) is 4.36. The molecular weight excluding hydrogens is 408 g/mol. The van der Waals surface area contributed by atoms with E-state index in [1.165, 1.54) is 18.3 Å². The number of furan rings is 1. The van der Waals surface area contributed by atoms with Crippen LogP contribution in [0.3, 0.4) is 0 Å². The molecule has 0 unspecified atom stereocenters. The van der Waals surface area contributed by atoms with E-state index in [0.717, 1.165) is 34.9 Å². The molecule has 0 saturated carbocycles. The van der Waals surface area contributed by atoms with Gasteiger partial charge in [0.25, 0.3) is 5.69 Å². The van der Waals surface area contributed by atoms with Crippen molar-refractivity contribution in [1.82, 2.24) is 5.43 Å². The van der Waals surface area contributed by atoms with E-state index in [4.69, 9.17) is 4.42 Å². The molecule has 0 aliphatic heterocycles. The maximum Gasteiger partial charge on any atom is 0.307 e. The van der Waals surface area contributed by atoms with Crippen LogP contribution >= 0.6 is 0 Å². The van der Waals surface area contributed by atoms with E-state index < -0.39 is 10.8 Å². The van der Waals surface area contributed by atoms with E-state index in [9.17, 15) is 14.9 Å². The number of nitrogens with zero attached hydrogens (tertiary/aromatic N) is 3. The van der Waals surface area contributed by atoms with Gasteiger partial charge in [0.15, 0.2) is 5.76 Å². The van der Waals surface area contributed by atoms with Gasteiger partial charge in [-0.05, 0) is 42.8 Å². The second kappa shape index (κ2) is 8.89. The molecule has 0 radical (unpaired) electrons. The molecule has 0 atom stereocenters. The minimum atomic E-state index is -0.503. The lowest BCUT2D eigenvalue weighted by Gasteiger charge is -2.22. The number of hydrogen-bond donors (Lipinski definition) is 1. The molecular formula is C24H22N4O4. The molecule has 4 rings (SSSR count). The first-order valence-electron chi connectivity index (χ1n) is 10.3. The maximum atomic E-state index is 12.6. The lowest BCUT2D eigenvalue weighted by molar-refractivity contribution is -0.384. The van der Waals surface area contributed by atoms with Crippen molar-refractivity contribution >= 4 is 45.2 Å². The van der Waals surface area contributed by atoms with Crippen LogP contribution in [-0.2, 0) is 0 Å². The average Bonchev–Trinajstić information content (AvgIpc) is 3.25. The number of hydrazone groups is 1. The van der Waals surface area contributed by atoms with E-state index in [2.05, 4.69) is 15.4 Å². The summed E-state index contributed by atoms with van der Waals surface area (Å²) < 4.78 is 5.70. The summed E-state index contributed by atoms with van der Waals surface area (Å²) in [4.78, 5) is 25.4. The van der Waals surface area contributed by atoms with Crippen molar-refractivity contribution in [3.8, 4) is 0 Å². The lowest BCUT2D eigenvalue weighted by atomic mass is 10.1. The molecule has 0 bridgehead atoms. The normalized spacial score (nSPS) is 11.3. The molecule has 8 nitrogen and oxygen atoms in total. The van der Waals surface area contributed by atoms with Gasteiger partial charge in [-0.3, -0.25) is 14.9 Å². The number of non-ortho nitro benzene ring substituents is 1. The van der Waals surface area contributed by atoms with Gasteiger partial charge in [-0.1, -0.05) is 30.3 Å². The zero-order valence-electron chi connectivity index (χ0n) is 17.7. The molecule has 1 aromatic heterocycles. The van der Waals surface area contributed by atoms with Crippen LogP contribution in [0.15, 0.2) is 70.2 Å². The molecule has 0 spiro atoms. The average molecular weight is 430 g/mol. The lowest BCUT2D eigenvalue weighted by Crippen LogP contribution is -2.23. The number of hydrogen-bond acceptors (Lipinski definition) is 6. The van der Waals surface area contributed by atoms with Crippen molar-refractivity contribution in [2.24, 2.45) is 5.10 Å². The predicted octanol–water partition coefficient (Wildman–Crippen LogP) is 5.10. The third kappa shape index (κ3) is 4.02. The Balaban J connectivity index is 1.60. The van der Waals surface area contributed by atoms with Gasteiger partial charge in [0.2, 0.25) is 0 Å². The standard InChI is InChI=1S/C24H22N4O4/c1-3-27(4-2)21-11-10-18(28(30)31)13-17(21)15-25-26-24(29)23-14-20-19-8-6-5-7-16(19)9-12-22(20)32-23/h5-15H,3-4H2,1-2H3,(H,26,29)/b25-15-. The molecule has 0 fully saturated rings. The first-order chi connectivity index (χ1) is 15.5. The number of nitro groups is 1. The summed E-state index contributed by atoms with van der Waals surface area (Å²) in [5, 5.41) is 18.1. The van der Waals surface area contributed by atoms with Crippen molar-refractivity contribution in [2.45, 2.75) is 13.8 Å². The fraction of sp³-hybridized carbons (Fsp3) is 0.167. The number of anilines is 1. The Morgan fingerprint density at radius 2 is 1.88 bits per heavy atom. The van der Waals surface area contributed by atoms with Crippen LogP contribution in [0.4, 0.5) is 11.4 Å². The Bertz CT molecular complexity index is 1340. The van der Waals surface area contributed by atoms with E-state index in [-0.39, 0.29) is 11.4 Å². The van der Waals surface area contributed by atoms with E-state index in [1.807, 2.05) is 50.2 Å². The van der Waals surface area contributed by atoms with Crippen molar-refractivity contribution in [1.29, 1.82) is 0 Å². The van der Waals surface area contributed by atoms with E-state index in [0.29, 0.717) is 11.1 Å². The van der Waals surface area contributed by atoms with Crippen LogP contribution < -0.4 is 10.3 Å². The van der Waals surface area contributed by atoms with Crippen LogP contribution in [0, 0.1) is 10.1 Å². The molecule has 3 aromatic carbocycles. The number of carbonyl (C=O) groups excluding carboxylic acids is 1. The number of nitrogens with one attached hydrogen (secondary N) is 1. The summed E-state index contributed by atoms with van der Waals surface area (Å²) in [6.07, 6.45) is 1.41. The van der Waals surface area contributed by atoms with Crippen LogP contribution in [0.1, 0.15) is 30.0 Å². The molecule has 4 aromatic rings. The Hall–Kier alpha value is -4.20. The number of benzene rings is 3.